The molecule has 2 heterocycles. The molecule has 0 radical (unpaired) electrons. The summed E-state index contributed by atoms with van der Waals surface area (Å²) in [6.07, 6.45) is 1.51. The second-order valence-corrected chi connectivity index (χ2v) is 6.68. The molecule has 0 atom stereocenters. The zero-order chi connectivity index (χ0) is 20.3. The average molecular weight is 396 g/mol. The number of benzene rings is 1. The van der Waals surface area contributed by atoms with Crippen molar-refractivity contribution in [2.45, 2.75) is 13.5 Å². The highest BCUT2D eigenvalue weighted by atomic mass is 35.5. The number of aliphatic hydroxyl groups is 1. The van der Waals surface area contributed by atoms with Crippen molar-refractivity contribution in [3.05, 3.63) is 74.3 Å². The molecule has 28 heavy (non-hydrogen) atoms. The first kappa shape index (κ1) is 19.6. The SMILES string of the molecule is Cc1nc(C#CCO)cc2c(=O)c(C(=O)NCc3ccc(Cl)cc3)cn(C)c12. The lowest BCUT2D eigenvalue weighted by Crippen LogP contribution is -2.29. The molecule has 0 saturated heterocycles. The van der Waals surface area contributed by atoms with Gasteiger partial charge in [-0.25, -0.2) is 4.98 Å². The molecule has 2 N–H and O–H groups in total. The van der Waals surface area contributed by atoms with Crippen molar-refractivity contribution < 1.29 is 9.90 Å². The number of pyridine rings is 2. The molecule has 2 aromatic heterocycles. The van der Waals surface area contributed by atoms with Gasteiger partial charge in [-0.05, 0) is 36.6 Å². The number of carbonyl (C=O) groups is 1. The number of hydrogen-bond donors (Lipinski definition) is 2. The number of nitrogens with zero attached hydrogens (tertiary/aromatic N) is 2. The smallest absolute Gasteiger partial charge is 0.257 e. The largest absolute Gasteiger partial charge is 0.384 e. The van der Waals surface area contributed by atoms with Gasteiger partial charge in [-0.15, -0.1) is 0 Å². The molecule has 1 amide bonds. The van der Waals surface area contributed by atoms with Gasteiger partial charge in [0.25, 0.3) is 5.91 Å². The predicted molar refractivity (Wildman–Crippen MR) is 108 cm³/mol. The van der Waals surface area contributed by atoms with Crippen molar-refractivity contribution in [1.82, 2.24) is 14.9 Å². The minimum atomic E-state index is -0.463. The zero-order valence-electron chi connectivity index (χ0n) is 15.4. The van der Waals surface area contributed by atoms with E-state index in [1.807, 2.05) is 12.1 Å². The summed E-state index contributed by atoms with van der Waals surface area (Å²) in [6.45, 7) is 1.75. The maximum atomic E-state index is 12.9. The summed E-state index contributed by atoms with van der Waals surface area (Å²) in [6, 6.07) is 8.64. The Bertz CT molecular complexity index is 1170. The molecular formula is C21H18ClN3O3. The van der Waals surface area contributed by atoms with E-state index in [-0.39, 0.29) is 24.1 Å². The summed E-state index contributed by atoms with van der Waals surface area (Å²) in [5.74, 6) is 4.76. The number of aryl methyl sites for hydroxylation is 2. The van der Waals surface area contributed by atoms with Crippen LogP contribution in [-0.2, 0) is 13.6 Å². The van der Waals surface area contributed by atoms with Gasteiger partial charge in [-0.2, -0.15) is 0 Å². The van der Waals surface area contributed by atoms with Crippen molar-refractivity contribution in [2.75, 3.05) is 6.61 Å². The van der Waals surface area contributed by atoms with Crippen LogP contribution in [0.2, 0.25) is 5.02 Å². The van der Waals surface area contributed by atoms with Gasteiger partial charge in [0.05, 0.1) is 16.6 Å². The topological polar surface area (TPSA) is 84.2 Å². The third-order valence-electron chi connectivity index (χ3n) is 4.24. The first-order valence-corrected chi connectivity index (χ1v) is 8.92. The fourth-order valence-electron chi connectivity index (χ4n) is 2.98. The molecule has 0 saturated carbocycles. The number of aromatic nitrogens is 2. The van der Waals surface area contributed by atoms with Crippen molar-refractivity contribution >= 4 is 28.4 Å². The van der Waals surface area contributed by atoms with Crippen LogP contribution >= 0.6 is 11.6 Å². The molecule has 0 bridgehead atoms. The third-order valence-corrected chi connectivity index (χ3v) is 4.49. The Morgan fingerprint density at radius 1 is 1.32 bits per heavy atom. The number of hydrogen-bond acceptors (Lipinski definition) is 4. The Balaban J connectivity index is 1.98. The molecule has 0 unspecified atom stereocenters. The minimum Gasteiger partial charge on any atom is -0.384 e. The number of carbonyl (C=O) groups excluding carboxylic acids is 1. The minimum absolute atomic E-state index is 0.0376. The standard InChI is InChI=1S/C21H18ClN3O3/c1-13-19-17(10-16(24-13)4-3-9-26)20(27)18(12-25(19)2)21(28)23-11-14-5-7-15(22)8-6-14/h5-8,10,12,26H,9,11H2,1-2H3,(H,23,28). The molecule has 3 aromatic rings. The second kappa shape index (κ2) is 8.26. The van der Waals surface area contributed by atoms with E-state index in [1.54, 1.807) is 36.7 Å². The molecule has 0 spiro atoms. The molecule has 7 heteroatoms. The molecular weight excluding hydrogens is 378 g/mol. The van der Waals surface area contributed by atoms with Crippen LogP contribution in [0.4, 0.5) is 0 Å². The Labute approximate surface area is 166 Å². The number of rotatable bonds is 3. The Morgan fingerprint density at radius 2 is 2.04 bits per heavy atom. The summed E-state index contributed by atoms with van der Waals surface area (Å²) >= 11 is 5.86. The predicted octanol–water partition coefficient (Wildman–Crippen LogP) is 2.17. The van der Waals surface area contributed by atoms with Gasteiger partial charge in [-0.1, -0.05) is 29.7 Å². The van der Waals surface area contributed by atoms with Crippen molar-refractivity contribution in [3.63, 3.8) is 0 Å². The number of nitrogens with one attached hydrogen (secondary N) is 1. The van der Waals surface area contributed by atoms with Crippen LogP contribution in [0, 0.1) is 18.8 Å². The van der Waals surface area contributed by atoms with Crippen molar-refractivity contribution in [2.24, 2.45) is 7.05 Å². The van der Waals surface area contributed by atoms with Crippen molar-refractivity contribution in [1.29, 1.82) is 0 Å². The molecule has 0 aliphatic rings. The van der Waals surface area contributed by atoms with Crippen molar-refractivity contribution in [3.8, 4) is 11.8 Å². The first-order valence-electron chi connectivity index (χ1n) is 8.54. The van der Waals surface area contributed by atoms with Gasteiger partial charge in [-0.3, -0.25) is 9.59 Å². The molecule has 1 aromatic carbocycles. The molecule has 3 rings (SSSR count). The summed E-state index contributed by atoms with van der Waals surface area (Å²) in [5, 5.41) is 12.6. The van der Waals surface area contributed by atoms with Gasteiger partial charge in [0.2, 0.25) is 5.43 Å². The maximum Gasteiger partial charge on any atom is 0.257 e. The van der Waals surface area contributed by atoms with Gasteiger partial charge < -0.3 is 15.0 Å². The number of halogens is 1. The summed E-state index contributed by atoms with van der Waals surface area (Å²) < 4.78 is 1.71. The van der Waals surface area contributed by atoms with E-state index < -0.39 is 5.91 Å². The van der Waals surface area contributed by atoms with Gasteiger partial charge in [0.15, 0.2) is 0 Å². The third kappa shape index (κ3) is 4.06. The van der Waals surface area contributed by atoms with Crippen LogP contribution in [0.3, 0.4) is 0 Å². The van der Waals surface area contributed by atoms with E-state index in [0.717, 1.165) is 5.56 Å². The Kier molecular flexibility index (Phi) is 5.78. The summed E-state index contributed by atoms with van der Waals surface area (Å²) in [4.78, 5) is 29.9. The molecule has 6 nitrogen and oxygen atoms in total. The normalized spacial score (nSPS) is 10.4. The lowest BCUT2D eigenvalue weighted by Gasteiger charge is -2.12. The maximum absolute atomic E-state index is 12.9. The second-order valence-electron chi connectivity index (χ2n) is 6.24. The lowest BCUT2D eigenvalue weighted by molar-refractivity contribution is 0.0949. The quantitative estimate of drug-likeness (QED) is 0.666. The summed E-state index contributed by atoms with van der Waals surface area (Å²) in [5.41, 5.74) is 2.14. The zero-order valence-corrected chi connectivity index (χ0v) is 16.2. The number of aliphatic hydroxyl groups excluding tert-OH is 1. The van der Waals surface area contributed by atoms with E-state index in [2.05, 4.69) is 22.1 Å². The fourth-order valence-corrected chi connectivity index (χ4v) is 3.11. The highest BCUT2D eigenvalue weighted by Crippen LogP contribution is 2.16. The molecule has 142 valence electrons. The highest BCUT2D eigenvalue weighted by Gasteiger charge is 2.16. The first-order chi connectivity index (χ1) is 13.4. The molecule has 0 aliphatic heterocycles. The van der Waals surface area contributed by atoms with Gasteiger partial charge >= 0.3 is 0 Å². The number of amides is 1. The van der Waals surface area contributed by atoms with Crippen LogP contribution in [0.25, 0.3) is 10.9 Å². The van der Waals surface area contributed by atoms with E-state index in [9.17, 15) is 9.59 Å². The summed E-state index contributed by atoms with van der Waals surface area (Å²) in [7, 11) is 1.76. The number of fused-ring (bicyclic) bond motifs is 1. The van der Waals surface area contributed by atoms with E-state index >= 15 is 0 Å². The Morgan fingerprint density at radius 3 is 2.71 bits per heavy atom. The Hall–Kier alpha value is -3.14. The van der Waals surface area contributed by atoms with Crippen LogP contribution in [0.5, 0.6) is 0 Å². The lowest BCUT2D eigenvalue weighted by atomic mass is 10.1. The monoisotopic (exact) mass is 395 g/mol. The molecule has 0 aliphatic carbocycles. The van der Waals surface area contributed by atoms with Crippen LogP contribution in [0.1, 0.15) is 27.3 Å². The average Bonchev–Trinajstić information content (AvgIpc) is 2.68. The van der Waals surface area contributed by atoms with Crippen LogP contribution in [0.15, 0.2) is 41.3 Å². The van der Waals surface area contributed by atoms with Gasteiger partial charge in [0.1, 0.15) is 17.9 Å². The van der Waals surface area contributed by atoms with Crippen LogP contribution in [-0.4, -0.2) is 27.2 Å². The van der Waals surface area contributed by atoms with E-state index in [4.69, 9.17) is 16.7 Å². The van der Waals surface area contributed by atoms with E-state index in [1.165, 1.54) is 6.20 Å². The fraction of sp³-hybridized carbons (Fsp3) is 0.190. The molecule has 0 fully saturated rings. The van der Waals surface area contributed by atoms with Gasteiger partial charge in [0, 0.05) is 24.8 Å². The van der Waals surface area contributed by atoms with Crippen LogP contribution < -0.4 is 10.7 Å². The highest BCUT2D eigenvalue weighted by molar-refractivity contribution is 6.30. The van der Waals surface area contributed by atoms with E-state index in [0.29, 0.717) is 27.3 Å².